The van der Waals surface area contributed by atoms with E-state index in [0.29, 0.717) is 43.1 Å². The van der Waals surface area contributed by atoms with Crippen molar-refractivity contribution in [1.82, 2.24) is 15.2 Å². The van der Waals surface area contributed by atoms with Gasteiger partial charge in [0, 0.05) is 51.5 Å². The molecule has 2 aromatic rings. The highest BCUT2D eigenvalue weighted by Crippen LogP contribution is 2.22. The predicted octanol–water partition coefficient (Wildman–Crippen LogP) is 1.70. The lowest BCUT2D eigenvalue weighted by Crippen LogP contribution is -2.36. The molecule has 1 N–H and O–H groups in total. The van der Waals surface area contributed by atoms with E-state index < -0.39 is 0 Å². The fourth-order valence-electron chi connectivity index (χ4n) is 3.13. The molecule has 1 aromatic heterocycles. The van der Waals surface area contributed by atoms with Gasteiger partial charge >= 0.3 is 5.91 Å². The Balaban J connectivity index is 1.68. The number of methoxy groups -OCH3 is 1. The first kappa shape index (κ1) is 19.9. The van der Waals surface area contributed by atoms with E-state index in [0.717, 1.165) is 5.69 Å². The minimum atomic E-state index is -0.379. The quantitative estimate of drug-likeness (QED) is 0.813. The van der Waals surface area contributed by atoms with Crippen LogP contribution in [0, 0.1) is 0 Å². The van der Waals surface area contributed by atoms with Crippen molar-refractivity contribution in [2.45, 2.75) is 25.9 Å². The molecule has 1 aromatic carbocycles. The van der Waals surface area contributed by atoms with Crippen LogP contribution in [0.25, 0.3) is 0 Å². The highest BCUT2D eigenvalue weighted by Gasteiger charge is 2.28. The minimum Gasteiger partial charge on any atom is -0.437 e. The first-order chi connectivity index (χ1) is 13.4. The molecule has 8 nitrogen and oxygen atoms in total. The van der Waals surface area contributed by atoms with Gasteiger partial charge in [-0.1, -0.05) is 0 Å². The summed E-state index contributed by atoms with van der Waals surface area (Å²) in [4.78, 5) is 33.1. The molecule has 0 bridgehead atoms. The van der Waals surface area contributed by atoms with Crippen molar-refractivity contribution in [3.63, 3.8) is 0 Å². The van der Waals surface area contributed by atoms with E-state index in [1.54, 1.807) is 12.0 Å². The number of amides is 2. The molecule has 2 heterocycles. The van der Waals surface area contributed by atoms with E-state index in [4.69, 9.17) is 9.15 Å². The first-order valence-corrected chi connectivity index (χ1v) is 9.24. The number of oxazole rings is 1. The summed E-state index contributed by atoms with van der Waals surface area (Å²) in [6, 6.07) is 7.34. The van der Waals surface area contributed by atoms with Crippen LogP contribution in [0.15, 0.2) is 28.7 Å². The Morgan fingerprint density at radius 1 is 1.32 bits per heavy atom. The molecular weight excluding hydrogens is 360 g/mol. The maximum atomic E-state index is 12.8. The van der Waals surface area contributed by atoms with E-state index in [2.05, 4.69) is 10.3 Å². The molecule has 0 fully saturated rings. The zero-order valence-electron chi connectivity index (χ0n) is 16.7. The van der Waals surface area contributed by atoms with Crippen molar-refractivity contribution in [1.29, 1.82) is 0 Å². The summed E-state index contributed by atoms with van der Waals surface area (Å²) in [6.07, 6.45) is 0.532. The van der Waals surface area contributed by atoms with Gasteiger partial charge in [0.15, 0.2) is 0 Å². The Kier molecular flexibility index (Phi) is 5.99. The van der Waals surface area contributed by atoms with E-state index in [9.17, 15) is 9.59 Å². The summed E-state index contributed by atoms with van der Waals surface area (Å²) in [6.45, 7) is 3.10. The van der Waals surface area contributed by atoms with E-state index >= 15 is 0 Å². The molecule has 0 spiro atoms. The molecule has 0 saturated heterocycles. The fraction of sp³-hybridized carbons (Fsp3) is 0.450. The Bertz CT molecular complexity index is 844. The number of rotatable bonds is 6. The highest BCUT2D eigenvalue weighted by atomic mass is 16.5. The number of hydrogen-bond donors (Lipinski definition) is 1. The number of carbonyl (C=O) groups excluding carboxylic acids is 2. The third-order valence-corrected chi connectivity index (χ3v) is 4.63. The van der Waals surface area contributed by atoms with Crippen LogP contribution in [0.1, 0.15) is 39.4 Å². The number of carbonyl (C=O) groups is 2. The maximum absolute atomic E-state index is 12.8. The standard InChI is InChI=1S/C20H26N4O4/c1-13(12-27-4)21-18(25)19-22-16-11-24(10-9-17(16)28-19)20(26)14-5-7-15(8-6-14)23(2)3/h5-8,13H,9-12H2,1-4H3,(H,21,25)/t13-/m0/s1. The lowest BCUT2D eigenvalue weighted by molar-refractivity contribution is 0.0726. The number of fused-ring (bicyclic) bond motifs is 1. The lowest BCUT2D eigenvalue weighted by Gasteiger charge is -2.25. The fourth-order valence-corrected chi connectivity index (χ4v) is 3.13. The summed E-state index contributed by atoms with van der Waals surface area (Å²) in [7, 11) is 5.49. The van der Waals surface area contributed by atoms with Crippen molar-refractivity contribution < 1.29 is 18.7 Å². The number of benzene rings is 1. The summed E-state index contributed by atoms with van der Waals surface area (Å²) >= 11 is 0. The molecule has 0 aliphatic carbocycles. The van der Waals surface area contributed by atoms with Gasteiger partial charge in [-0.3, -0.25) is 9.59 Å². The Morgan fingerprint density at radius 3 is 2.68 bits per heavy atom. The van der Waals surface area contributed by atoms with E-state index in [1.807, 2.05) is 50.2 Å². The molecule has 1 aliphatic rings. The minimum absolute atomic E-state index is 0.0255. The van der Waals surface area contributed by atoms with Crippen LogP contribution in [0.5, 0.6) is 0 Å². The van der Waals surface area contributed by atoms with Crippen molar-refractivity contribution in [2.24, 2.45) is 0 Å². The predicted molar refractivity (Wildman–Crippen MR) is 105 cm³/mol. The monoisotopic (exact) mass is 386 g/mol. The molecule has 0 unspecified atom stereocenters. The summed E-state index contributed by atoms with van der Waals surface area (Å²) in [5, 5.41) is 2.78. The van der Waals surface area contributed by atoms with Gasteiger partial charge in [-0.15, -0.1) is 0 Å². The van der Waals surface area contributed by atoms with Crippen LogP contribution in [-0.4, -0.2) is 62.1 Å². The second-order valence-electron chi connectivity index (χ2n) is 7.14. The largest absolute Gasteiger partial charge is 0.437 e. The zero-order valence-corrected chi connectivity index (χ0v) is 16.7. The van der Waals surface area contributed by atoms with Gasteiger partial charge in [0.05, 0.1) is 13.2 Å². The smallest absolute Gasteiger partial charge is 0.307 e. The average molecular weight is 386 g/mol. The number of hydrogen-bond acceptors (Lipinski definition) is 6. The van der Waals surface area contributed by atoms with Crippen molar-refractivity contribution >= 4 is 17.5 Å². The van der Waals surface area contributed by atoms with Gasteiger partial charge < -0.3 is 24.3 Å². The van der Waals surface area contributed by atoms with Gasteiger partial charge in [0.1, 0.15) is 11.5 Å². The molecule has 3 rings (SSSR count). The number of nitrogens with one attached hydrogen (secondary N) is 1. The maximum Gasteiger partial charge on any atom is 0.307 e. The third-order valence-electron chi connectivity index (χ3n) is 4.63. The van der Waals surface area contributed by atoms with Gasteiger partial charge in [0.25, 0.3) is 11.8 Å². The van der Waals surface area contributed by atoms with Gasteiger partial charge in [-0.25, -0.2) is 4.98 Å². The summed E-state index contributed by atoms with van der Waals surface area (Å²) in [5.41, 5.74) is 2.30. The van der Waals surface area contributed by atoms with E-state index in [-0.39, 0.29) is 23.7 Å². The van der Waals surface area contributed by atoms with Crippen LogP contribution in [0.2, 0.25) is 0 Å². The summed E-state index contributed by atoms with van der Waals surface area (Å²) in [5.74, 6) is 0.254. The van der Waals surface area contributed by atoms with Crippen LogP contribution < -0.4 is 10.2 Å². The molecule has 28 heavy (non-hydrogen) atoms. The molecule has 1 atom stereocenters. The second-order valence-corrected chi connectivity index (χ2v) is 7.14. The van der Waals surface area contributed by atoms with Crippen LogP contribution in [0.4, 0.5) is 5.69 Å². The van der Waals surface area contributed by atoms with Crippen LogP contribution >= 0.6 is 0 Å². The Labute approximate surface area is 164 Å². The first-order valence-electron chi connectivity index (χ1n) is 9.24. The van der Waals surface area contributed by atoms with Crippen molar-refractivity contribution in [3.8, 4) is 0 Å². The Hall–Kier alpha value is -2.87. The number of aromatic nitrogens is 1. The number of anilines is 1. The topological polar surface area (TPSA) is 87.9 Å². The normalized spacial score (nSPS) is 14.4. The SMILES string of the molecule is COC[C@H](C)NC(=O)c1nc2c(o1)CCN(C(=O)c1ccc(N(C)C)cc1)C2. The van der Waals surface area contributed by atoms with E-state index in [1.165, 1.54) is 0 Å². The van der Waals surface area contributed by atoms with Gasteiger partial charge in [0.2, 0.25) is 0 Å². The second kappa shape index (κ2) is 8.43. The van der Waals surface area contributed by atoms with Gasteiger partial charge in [-0.2, -0.15) is 0 Å². The highest BCUT2D eigenvalue weighted by molar-refractivity contribution is 5.94. The molecule has 0 saturated carbocycles. The third kappa shape index (κ3) is 4.33. The van der Waals surface area contributed by atoms with Crippen LogP contribution in [0.3, 0.4) is 0 Å². The molecule has 8 heteroatoms. The molecular formula is C20H26N4O4. The van der Waals surface area contributed by atoms with Crippen molar-refractivity contribution in [3.05, 3.63) is 47.2 Å². The molecule has 2 amide bonds. The van der Waals surface area contributed by atoms with Gasteiger partial charge in [-0.05, 0) is 31.2 Å². The zero-order chi connectivity index (χ0) is 20.3. The number of ether oxygens (including phenoxy) is 1. The Morgan fingerprint density at radius 2 is 2.04 bits per heavy atom. The summed E-state index contributed by atoms with van der Waals surface area (Å²) < 4.78 is 10.6. The lowest BCUT2D eigenvalue weighted by atomic mass is 10.1. The van der Waals surface area contributed by atoms with Crippen molar-refractivity contribution in [2.75, 3.05) is 39.3 Å². The van der Waals surface area contributed by atoms with Crippen LogP contribution in [-0.2, 0) is 17.7 Å². The molecule has 0 radical (unpaired) electrons. The molecule has 1 aliphatic heterocycles. The molecule has 150 valence electrons. The number of nitrogens with zero attached hydrogens (tertiary/aromatic N) is 3. The average Bonchev–Trinajstić information content (AvgIpc) is 3.11.